The van der Waals surface area contributed by atoms with Crippen LogP contribution in [0.2, 0.25) is 0 Å². The molecule has 1 aliphatic rings. The van der Waals surface area contributed by atoms with E-state index in [4.69, 9.17) is 0 Å². The molecule has 1 atom stereocenters. The van der Waals surface area contributed by atoms with Crippen LogP contribution in [-0.4, -0.2) is 36.1 Å². The van der Waals surface area contributed by atoms with Gasteiger partial charge in [0.15, 0.2) is 0 Å². The Balaban J connectivity index is 1.26. The second-order valence-corrected chi connectivity index (χ2v) is 7.05. The molecular formula is C22H24N4O. The smallest absolute Gasteiger partial charge is 0.314 e. The van der Waals surface area contributed by atoms with E-state index in [9.17, 15) is 4.79 Å². The number of carbonyl (C=O) groups excluding carboxylic acids is 1. The number of urea groups is 1. The lowest BCUT2D eigenvalue weighted by Gasteiger charge is -2.21. The quantitative estimate of drug-likeness (QED) is 0.734. The number of aromatic nitrogens is 1. The van der Waals surface area contributed by atoms with Gasteiger partial charge in [-0.1, -0.05) is 42.5 Å². The van der Waals surface area contributed by atoms with Crippen molar-refractivity contribution in [2.24, 2.45) is 0 Å². The van der Waals surface area contributed by atoms with Crippen molar-refractivity contribution >= 4 is 16.9 Å². The number of pyridine rings is 1. The van der Waals surface area contributed by atoms with E-state index in [0.717, 1.165) is 29.4 Å². The maximum absolute atomic E-state index is 12.2. The minimum Gasteiger partial charge on any atom is -0.338 e. The van der Waals surface area contributed by atoms with Gasteiger partial charge in [0.05, 0.1) is 11.6 Å². The molecule has 27 heavy (non-hydrogen) atoms. The minimum atomic E-state index is -0.124. The summed E-state index contributed by atoms with van der Waals surface area (Å²) in [6.45, 7) is 2.12. The summed E-state index contributed by atoms with van der Waals surface area (Å²) in [5.41, 5.74) is 4.77. The van der Waals surface area contributed by atoms with Crippen LogP contribution in [0, 0.1) is 0 Å². The first-order valence-electron chi connectivity index (χ1n) is 9.34. The summed E-state index contributed by atoms with van der Waals surface area (Å²) in [6.07, 6.45) is 2.64. The van der Waals surface area contributed by atoms with Crippen LogP contribution in [0.4, 0.5) is 4.79 Å². The van der Waals surface area contributed by atoms with E-state index in [1.165, 1.54) is 11.1 Å². The molecule has 3 aromatic rings. The number of amides is 2. The van der Waals surface area contributed by atoms with Gasteiger partial charge < -0.3 is 10.6 Å². The first kappa shape index (κ1) is 17.5. The van der Waals surface area contributed by atoms with E-state index in [1.54, 1.807) is 0 Å². The number of hydrogen-bond acceptors (Lipinski definition) is 3. The molecule has 5 nitrogen and oxygen atoms in total. The highest BCUT2D eigenvalue weighted by Crippen LogP contribution is 2.31. The summed E-state index contributed by atoms with van der Waals surface area (Å²) in [6, 6.07) is 18.7. The Hall–Kier alpha value is -2.92. The van der Waals surface area contributed by atoms with Gasteiger partial charge in [-0.25, -0.2) is 4.79 Å². The maximum Gasteiger partial charge on any atom is 0.314 e. The number of nitrogens with one attached hydrogen (secondary N) is 2. The van der Waals surface area contributed by atoms with Gasteiger partial charge in [-0.2, -0.15) is 0 Å². The van der Waals surface area contributed by atoms with Crippen LogP contribution in [-0.2, 0) is 13.0 Å². The van der Waals surface area contributed by atoms with Gasteiger partial charge in [0.1, 0.15) is 0 Å². The number of para-hydroxylation sites is 1. The van der Waals surface area contributed by atoms with Crippen LogP contribution >= 0.6 is 0 Å². The van der Waals surface area contributed by atoms with E-state index >= 15 is 0 Å². The summed E-state index contributed by atoms with van der Waals surface area (Å²) < 4.78 is 0. The van der Waals surface area contributed by atoms with Crippen molar-refractivity contribution in [2.45, 2.75) is 19.0 Å². The SMILES string of the molecule is CN1Cc2ccccc2C1CNC(=O)NCCc1cnc2ccccc2c1. The third-order valence-corrected chi connectivity index (χ3v) is 5.17. The Morgan fingerprint density at radius 3 is 2.89 bits per heavy atom. The fraction of sp³-hybridized carbons (Fsp3) is 0.273. The van der Waals surface area contributed by atoms with Crippen molar-refractivity contribution in [1.82, 2.24) is 20.5 Å². The van der Waals surface area contributed by atoms with Crippen molar-refractivity contribution in [3.8, 4) is 0 Å². The molecule has 0 radical (unpaired) electrons. The number of likely N-dealkylation sites (N-methyl/N-ethyl adjacent to an activating group) is 1. The van der Waals surface area contributed by atoms with E-state index in [1.807, 2.05) is 24.4 Å². The molecule has 0 saturated carbocycles. The van der Waals surface area contributed by atoms with Crippen molar-refractivity contribution < 1.29 is 4.79 Å². The van der Waals surface area contributed by atoms with Crippen molar-refractivity contribution in [2.75, 3.05) is 20.1 Å². The zero-order valence-electron chi connectivity index (χ0n) is 15.5. The molecule has 2 heterocycles. The van der Waals surface area contributed by atoms with Crippen molar-refractivity contribution in [3.63, 3.8) is 0 Å². The second-order valence-electron chi connectivity index (χ2n) is 7.05. The third kappa shape index (κ3) is 3.93. The fourth-order valence-electron chi connectivity index (χ4n) is 3.71. The molecule has 2 aromatic carbocycles. The molecule has 0 saturated heterocycles. The molecule has 2 N–H and O–H groups in total. The van der Waals surface area contributed by atoms with E-state index < -0.39 is 0 Å². The summed E-state index contributed by atoms with van der Waals surface area (Å²) in [7, 11) is 2.09. The lowest BCUT2D eigenvalue weighted by Crippen LogP contribution is -2.40. The van der Waals surface area contributed by atoms with Crippen LogP contribution in [0.15, 0.2) is 60.8 Å². The molecule has 1 aliphatic heterocycles. The van der Waals surface area contributed by atoms with Crippen molar-refractivity contribution in [1.29, 1.82) is 0 Å². The first-order chi connectivity index (χ1) is 13.2. The topological polar surface area (TPSA) is 57.3 Å². The molecule has 2 amide bonds. The van der Waals surface area contributed by atoms with Gasteiger partial charge >= 0.3 is 6.03 Å². The molecule has 1 aromatic heterocycles. The van der Waals surface area contributed by atoms with Crippen molar-refractivity contribution in [3.05, 3.63) is 77.5 Å². The number of rotatable bonds is 5. The van der Waals surface area contributed by atoms with Gasteiger partial charge in [0, 0.05) is 31.2 Å². The summed E-state index contributed by atoms with van der Waals surface area (Å²) in [5.74, 6) is 0. The van der Waals surface area contributed by atoms with Gasteiger partial charge in [-0.05, 0) is 42.3 Å². The molecule has 0 fully saturated rings. The zero-order valence-corrected chi connectivity index (χ0v) is 15.5. The number of benzene rings is 2. The Labute approximate surface area is 159 Å². The molecule has 0 spiro atoms. The molecule has 0 aliphatic carbocycles. The molecular weight excluding hydrogens is 336 g/mol. The number of fused-ring (bicyclic) bond motifs is 2. The highest BCUT2D eigenvalue weighted by Gasteiger charge is 2.26. The van der Waals surface area contributed by atoms with Gasteiger partial charge in [-0.3, -0.25) is 9.88 Å². The largest absolute Gasteiger partial charge is 0.338 e. The Morgan fingerprint density at radius 1 is 1.15 bits per heavy atom. The zero-order chi connectivity index (χ0) is 18.6. The van der Waals surface area contributed by atoms with E-state index in [0.29, 0.717) is 13.1 Å². The van der Waals surface area contributed by atoms with Crippen LogP contribution in [0.5, 0.6) is 0 Å². The summed E-state index contributed by atoms with van der Waals surface area (Å²) in [4.78, 5) is 18.9. The molecule has 4 rings (SSSR count). The Kier molecular flexibility index (Phi) is 5.03. The highest BCUT2D eigenvalue weighted by molar-refractivity contribution is 5.78. The minimum absolute atomic E-state index is 0.124. The summed E-state index contributed by atoms with van der Waals surface area (Å²) >= 11 is 0. The number of carbonyl (C=O) groups is 1. The number of nitrogens with zero attached hydrogens (tertiary/aromatic N) is 2. The molecule has 0 bridgehead atoms. The predicted octanol–water partition coefficient (Wildman–Crippen LogP) is 3.26. The molecule has 138 valence electrons. The summed E-state index contributed by atoms with van der Waals surface area (Å²) in [5, 5.41) is 7.08. The average molecular weight is 360 g/mol. The highest BCUT2D eigenvalue weighted by atomic mass is 16.2. The van der Waals surface area contributed by atoms with Crippen LogP contribution < -0.4 is 10.6 Å². The van der Waals surface area contributed by atoms with Gasteiger partial charge in [0.25, 0.3) is 0 Å². The van der Waals surface area contributed by atoms with Crippen LogP contribution in [0.1, 0.15) is 22.7 Å². The lowest BCUT2D eigenvalue weighted by molar-refractivity contribution is 0.229. The van der Waals surface area contributed by atoms with Gasteiger partial charge in [0.2, 0.25) is 0 Å². The maximum atomic E-state index is 12.2. The lowest BCUT2D eigenvalue weighted by atomic mass is 10.1. The predicted molar refractivity (Wildman–Crippen MR) is 107 cm³/mol. The van der Waals surface area contributed by atoms with E-state index in [2.05, 4.69) is 64.0 Å². The molecule has 5 heteroatoms. The second kappa shape index (κ2) is 7.76. The van der Waals surface area contributed by atoms with Crippen LogP contribution in [0.3, 0.4) is 0 Å². The normalized spacial score (nSPS) is 16.3. The standard InChI is InChI=1S/C22H24N4O/c1-26-15-18-7-2-4-8-19(18)21(26)14-25-22(27)23-11-10-16-12-17-6-3-5-9-20(17)24-13-16/h2-9,12-13,21H,10-11,14-15H2,1H3,(H2,23,25,27). The fourth-order valence-corrected chi connectivity index (χ4v) is 3.71. The van der Waals surface area contributed by atoms with E-state index in [-0.39, 0.29) is 12.1 Å². The molecule has 1 unspecified atom stereocenters. The average Bonchev–Trinajstić information content (AvgIpc) is 3.01. The number of hydrogen-bond donors (Lipinski definition) is 2. The monoisotopic (exact) mass is 360 g/mol. The Bertz CT molecular complexity index is 956. The Morgan fingerprint density at radius 2 is 1.96 bits per heavy atom. The third-order valence-electron chi connectivity index (χ3n) is 5.17. The first-order valence-corrected chi connectivity index (χ1v) is 9.34. The van der Waals surface area contributed by atoms with Crippen LogP contribution in [0.25, 0.3) is 10.9 Å². The van der Waals surface area contributed by atoms with Gasteiger partial charge in [-0.15, -0.1) is 0 Å².